The van der Waals surface area contributed by atoms with Gasteiger partial charge in [0.15, 0.2) is 11.5 Å². The molecule has 5 rings (SSSR count). The molecule has 2 aliphatic heterocycles. The number of rotatable bonds is 2. The van der Waals surface area contributed by atoms with Gasteiger partial charge in [0.2, 0.25) is 12.7 Å². The molecule has 0 radical (unpaired) electrons. The van der Waals surface area contributed by atoms with E-state index < -0.39 is 6.09 Å². The summed E-state index contributed by atoms with van der Waals surface area (Å²) in [5.41, 5.74) is 3.82. The third-order valence-electron chi connectivity index (χ3n) is 4.63. The maximum atomic E-state index is 12.4. The third-order valence-corrected chi connectivity index (χ3v) is 4.63. The van der Waals surface area contributed by atoms with Crippen LogP contribution in [-0.4, -0.2) is 22.8 Å². The number of hydrogen-bond donors (Lipinski definition) is 0. The zero-order valence-corrected chi connectivity index (χ0v) is 14.2. The average molecular weight is 348 g/mol. The van der Waals surface area contributed by atoms with Gasteiger partial charge in [0, 0.05) is 17.5 Å². The van der Waals surface area contributed by atoms with E-state index in [4.69, 9.17) is 14.2 Å². The molecule has 0 fully saturated rings. The Morgan fingerprint density at radius 3 is 2.88 bits per heavy atom. The average Bonchev–Trinajstić information content (AvgIpc) is 3.09. The summed E-state index contributed by atoms with van der Waals surface area (Å²) in [7, 11) is 0. The van der Waals surface area contributed by atoms with Crippen molar-refractivity contribution < 1.29 is 19.0 Å². The van der Waals surface area contributed by atoms with E-state index in [0.29, 0.717) is 24.7 Å². The molecular weight excluding hydrogens is 332 g/mol. The Balaban J connectivity index is 1.44. The van der Waals surface area contributed by atoms with Gasteiger partial charge in [-0.25, -0.2) is 9.78 Å². The lowest BCUT2D eigenvalue weighted by Gasteiger charge is -2.27. The van der Waals surface area contributed by atoms with Crippen molar-refractivity contribution in [1.29, 1.82) is 0 Å². The molecule has 0 N–H and O–H groups in total. The lowest BCUT2D eigenvalue weighted by molar-refractivity contribution is 0.133. The van der Waals surface area contributed by atoms with Crippen LogP contribution < -0.4 is 14.2 Å². The Morgan fingerprint density at radius 2 is 1.96 bits per heavy atom. The molecule has 1 aromatic heterocycles. The van der Waals surface area contributed by atoms with Crippen LogP contribution in [0.15, 0.2) is 42.5 Å². The van der Waals surface area contributed by atoms with Crippen molar-refractivity contribution in [2.24, 2.45) is 0 Å². The van der Waals surface area contributed by atoms with Crippen LogP contribution in [0.1, 0.15) is 16.7 Å². The van der Waals surface area contributed by atoms with Gasteiger partial charge in [-0.15, -0.1) is 0 Å². The number of hydrogen-bond acceptors (Lipinski definition) is 5. The number of benzene rings is 2. The van der Waals surface area contributed by atoms with Crippen molar-refractivity contribution in [2.45, 2.75) is 20.0 Å². The molecule has 6 heteroatoms. The predicted octanol–water partition coefficient (Wildman–Crippen LogP) is 3.79. The van der Waals surface area contributed by atoms with Crippen LogP contribution in [0.5, 0.6) is 17.4 Å². The zero-order valence-electron chi connectivity index (χ0n) is 14.2. The Hall–Kier alpha value is -3.28. The van der Waals surface area contributed by atoms with Gasteiger partial charge in [-0.2, -0.15) is 0 Å². The van der Waals surface area contributed by atoms with Gasteiger partial charge in [-0.3, -0.25) is 4.90 Å². The molecular formula is C20H16N2O4. The molecule has 0 saturated carbocycles. The molecule has 0 aliphatic carbocycles. The molecule has 3 aromatic rings. The number of amides is 1. The van der Waals surface area contributed by atoms with E-state index in [1.807, 2.05) is 43.3 Å². The van der Waals surface area contributed by atoms with Crippen molar-refractivity contribution in [3.8, 4) is 17.4 Å². The largest absolute Gasteiger partial charge is 0.454 e. The highest BCUT2D eigenvalue weighted by atomic mass is 16.7. The molecule has 2 aromatic carbocycles. The number of aromatic nitrogens is 1. The Bertz CT molecular complexity index is 1050. The quantitative estimate of drug-likeness (QED) is 0.705. The summed E-state index contributed by atoms with van der Waals surface area (Å²) in [4.78, 5) is 18.6. The number of nitrogens with zero attached hydrogens (tertiary/aromatic N) is 2. The molecule has 2 aliphatic rings. The van der Waals surface area contributed by atoms with Gasteiger partial charge in [0.05, 0.1) is 12.1 Å². The van der Waals surface area contributed by atoms with Crippen LogP contribution in [0.2, 0.25) is 0 Å². The highest BCUT2D eigenvalue weighted by Crippen LogP contribution is 2.34. The minimum Gasteiger partial charge on any atom is -0.454 e. The van der Waals surface area contributed by atoms with E-state index in [-0.39, 0.29) is 6.79 Å². The number of carbonyl (C=O) groups is 1. The number of pyridine rings is 1. The van der Waals surface area contributed by atoms with Crippen LogP contribution in [0.3, 0.4) is 0 Å². The normalized spacial score (nSPS) is 15.1. The first-order valence-electron chi connectivity index (χ1n) is 8.41. The smallest absolute Gasteiger partial charge is 0.417 e. The summed E-state index contributed by atoms with van der Waals surface area (Å²) >= 11 is 0. The van der Waals surface area contributed by atoms with Crippen LogP contribution in [0.4, 0.5) is 4.79 Å². The lowest BCUT2D eigenvalue weighted by Crippen LogP contribution is -2.36. The summed E-state index contributed by atoms with van der Waals surface area (Å²) in [5.74, 6) is 1.83. The SMILES string of the molecule is Cc1ccc2cc3c(nc2c1)OC(=O)N(Cc1ccc2c(c1)OCO2)C3. The van der Waals surface area contributed by atoms with Crippen LogP contribution in [0, 0.1) is 6.92 Å². The summed E-state index contributed by atoms with van der Waals surface area (Å²) < 4.78 is 16.2. The summed E-state index contributed by atoms with van der Waals surface area (Å²) in [5, 5.41) is 1.04. The first-order chi connectivity index (χ1) is 12.7. The van der Waals surface area contributed by atoms with E-state index in [9.17, 15) is 4.79 Å². The van der Waals surface area contributed by atoms with Crippen molar-refractivity contribution in [1.82, 2.24) is 9.88 Å². The van der Waals surface area contributed by atoms with E-state index >= 15 is 0 Å². The Labute approximate surface area is 149 Å². The van der Waals surface area contributed by atoms with Crippen molar-refractivity contribution >= 4 is 17.0 Å². The Kier molecular flexibility index (Phi) is 3.25. The molecule has 0 saturated heterocycles. The molecule has 6 nitrogen and oxygen atoms in total. The van der Waals surface area contributed by atoms with Gasteiger partial charge >= 0.3 is 6.09 Å². The summed E-state index contributed by atoms with van der Waals surface area (Å²) in [6.45, 7) is 3.14. The molecule has 0 unspecified atom stereocenters. The first-order valence-corrected chi connectivity index (χ1v) is 8.41. The molecule has 3 heterocycles. The molecule has 0 bridgehead atoms. The van der Waals surface area contributed by atoms with Gasteiger partial charge in [-0.1, -0.05) is 18.2 Å². The maximum Gasteiger partial charge on any atom is 0.417 e. The molecule has 0 spiro atoms. The summed E-state index contributed by atoms with van der Waals surface area (Å²) in [6.07, 6.45) is -0.394. The lowest BCUT2D eigenvalue weighted by atomic mass is 10.1. The topological polar surface area (TPSA) is 60.9 Å². The van der Waals surface area contributed by atoms with Crippen molar-refractivity contribution in [2.75, 3.05) is 6.79 Å². The fraction of sp³-hybridized carbons (Fsp3) is 0.200. The minimum atomic E-state index is -0.394. The number of fused-ring (bicyclic) bond motifs is 3. The second-order valence-corrected chi connectivity index (χ2v) is 6.56. The fourth-order valence-corrected chi connectivity index (χ4v) is 3.30. The fourth-order valence-electron chi connectivity index (χ4n) is 3.30. The standard InChI is InChI=1S/C20H16N2O4/c1-12-2-4-14-8-15-10-22(20(23)26-19(15)21-16(14)6-12)9-13-3-5-17-18(7-13)25-11-24-17/h2-8H,9-11H2,1H3. The Morgan fingerprint density at radius 1 is 1.08 bits per heavy atom. The van der Waals surface area contributed by atoms with Crippen molar-refractivity contribution in [3.63, 3.8) is 0 Å². The maximum absolute atomic E-state index is 12.4. The second kappa shape index (κ2) is 5.62. The first kappa shape index (κ1) is 15.0. The van der Waals surface area contributed by atoms with E-state index in [2.05, 4.69) is 11.1 Å². The van der Waals surface area contributed by atoms with E-state index in [1.165, 1.54) is 0 Å². The molecule has 130 valence electrons. The second-order valence-electron chi connectivity index (χ2n) is 6.56. The monoisotopic (exact) mass is 348 g/mol. The van der Waals surface area contributed by atoms with Gasteiger partial charge < -0.3 is 14.2 Å². The predicted molar refractivity (Wildman–Crippen MR) is 94.3 cm³/mol. The number of carbonyl (C=O) groups excluding carboxylic acids is 1. The molecule has 1 amide bonds. The van der Waals surface area contributed by atoms with Gasteiger partial charge in [-0.05, 0) is 42.3 Å². The van der Waals surface area contributed by atoms with Gasteiger partial charge in [0.25, 0.3) is 0 Å². The number of ether oxygens (including phenoxy) is 3. The molecule has 26 heavy (non-hydrogen) atoms. The van der Waals surface area contributed by atoms with E-state index in [1.54, 1.807) is 4.90 Å². The highest BCUT2D eigenvalue weighted by Gasteiger charge is 2.27. The van der Waals surface area contributed by atoms with Crippen LogP contribution in [0.25, 0.3) is 10.9 Å². The van der Waals surface area contributed by atoms with E-state index in [0.717, 1.165) is 33.3 Å². The summed E-state index contributed by atoms with van der Waals surface area (Å²) in [6, 6.07) is 13.8. The number of aryl methyl sites for hydroxylation is 1. The van der Waals surface area contributed by atoms with Crippen LogP contribution >= 0.6 is 0 Å². The molecule has 0 atom stereocenters. The van der Waals surface area contributed by atoms with Crippen LogP contribution in [-0.2, 0) is 13.1 Å². The highest BCUT2D eigenvalue weighted by molar-refractivity contribution is 5.82. The minimum absolute atomic E-state index is 0.232. The van der Waals surface area contributed by atoms with Crippen molar-refractivity contribution in [3.05, 3.63) is 59.2 Å². The third kappa shape index (κ3) is 2.50. The zero-order chi connectivity index (χ0) is 17.7. The van der Waals surface area contributed by atoms with Gasteiger partial charge in [0.1, 0.15) is 0 Å².